The molecular formula is C22H26FN3O3S. The fourth-order valence-corrected chi connectivity index (χ4v) is 4.26. The number of nitrogens with zero attached hydrogens (tertiary/aromatic N) is 1. The number of carbonyl (C=O) groups is 3. The van der Waals surface area contributed by atoms with Crippen LogP contribution in [-0.4, -0.2) is 48.3 Å². The van der Waals surface area contributed by atoms with Gasteiger partial charge in [0.25, 0.3) is 11.8 Å². The summed E-state index contributed by atoms with van der Waals surface area (Å²) in [5.41, 5.74) is 0.301. The number of hydrogen-bond donors (Lipinski definition) is 2. The zero-order chi connectivity index (χ0) is 21.5. The van der Waals surface area contributed by atoms with Crippen LogP contribution in [0.2, 0.25) is 0 Å². The summed E-state index contributed by atoms with van der Waals surface area (Å²) in [6, 6.07) is 8.19. The molecule has 0 spiro atoms. The van der Waals surface area contributed by atoms with Crippen molar-refractivity contribution in [3.8, 4) is 0 Å². The van der Waals surface area contributed by atoms with Crippen molar-refractivity contribution in [2.75, 3.05) is 19.6 Å². The second-order valence-electron chi connectivity index (χ2n) is 7.36. The normalized spacial score (nSPS) is 15.5. The number of amides is 3. The predicted molar refractivity (Wildman–Crippen MR) is 114 cm³/mol. The molecule has 1 aromatic carbocycles. The molecule has 0 unspecified atom stereocenters. The van der Waals surface area contributed by atoms with E-state index in [1.807, 2.05) is 24.4 Å². The highest BCUT2D eigenvalue weighted by Crippen LogP contribution is 2.24. The Hall–Kier alpha value is -2.74. The Labute approximate surface area is 179 Å². The van der Waals surface area contributed by atoms with Crippen molar-refractivity contribution in [3.05, 3.63) is 58.0 Å². The van der Waals surface area contributed by atoms with Crippen LogP contribution in [0.1, 0.15) is 46.2 Å². The summed E-state index contributed by atoms with van der Waals surface area (Å²) >= 11 is 1.41. The molecule has 2 heterocycles. The van der Waals surface area contributed by atoms with Gasteiger partial charge < -0.3 is 15.5 Å². The molecule has 160 valence electrons. The molecule has 1 saturated heterocycles. The number of rotatable bonds is 7. The molecule has 1 atom stereocenters. The highest BCUT2D eigenvalue weighted by Gasteiger charge is 2.34. The molecular weight excluding hydrogens is 405 g/mol. The number of likely N-dealkylation sites (tertiary alicyclic amines) is 1. The predicted octanol–water partition coefficient (Wildman–Crippen LogP) is 3.06. The smallest absolute Gasteiger partial charge is 0.263 e. The summed E-state index contributed by atoms with van der Waals surface area (Å²) in [5, 5.41) is 7.56. The van der Waals surface area contributed by atoms with Crippen LogP contribution in [0.15, 0.2) is 41.8 Å². The molecule has 3 rings (SSSR count). The lowest BCUT2D eigenvalue weighted by atomic mass is 9.88. The van der Waals surface area contributed by atoms with Gasteiger partial charge in [0, 0.05) is 25.2 Å². The average Bonchev–Trinajstić information content (AvgIpc) is 3.31. The average molecular weight is 432 g/mol. The van der Waals surface area contributed by atoms with E-state index in [0.717, 1.165) is 6.42 Å². The molecule has 0 radical (unpaired) electrons. The minimum absolute atomic E-state index is 0.00535. The molecule has 6 nitrogen and oxygen atoms in total. The van der Waals surface area contributed by atoms with Crippen molar-refractivity contribution in [2.24, 2.45) is 5.92 Å². The maximum atomic E-state index is 13.1. The molecule has 2 aromatic rings. The molecule has 30 heavy (non-hydrogen) atoms. The second-order valence-corrected chi connectivity index (χ2v) is 8.30. The number of piperidine rings is 1. The van der Waals surface area contributed by atoms with Crippen LogP contribution in [0.25, 0.3) is 0 Å². The minimum Gasteiger partial charge on any atom is -0.354 e. The number of halogens is 1. The Kier molecular flexibility index (Phi) is 7.57. The topological polar surface area (TPSA) is 78.5 Å². The van der Waals surface area contributed by atoms with Crippen molar-refractivity contribution < 1.29 is 18.8 Å². The molecule has 0 saturated carbocycles. The second kappa shape index (κ2) is 10.3. The van der Waals surface area contributed by atoms with E-state index in [1.54, 1.807) is 4.90 Å². The third-order valence-corrected chi connectivity index (χ3v) is 6.11. The van der Waals surface area contributed by atoms with Crippen molar-refractivity contribution in [2.45, 2.75) is 32.2 Å². The molecule has 0 bridgehead atoms. The maximum Gasteiger partial charge on any atom is 0.263 e. The van der Waals surface area contributed by atoms with Gasteiger partial charge in [0.2, 0.25) is 5.91 Å². The van der Waals surface area contributed by atoms with Crippen molar-refractivity contribution in [1.82, 2.24) is 15.5 Å². The Morgan fingerprint density at radius 2 is 1.87 bits per heavy atom. The molecule has 1 aliphatic heterocycles. The van der Waals surface area contributed by atoms with E-state index in [-0.39, 0.29) is 17.7 Å². The van der Waals surface area contributed by atoms with E-state index in [4.69, 9.17) is 0 Å². The molecule has 2 N–H and O–H groups in total. The van der Waals surface area contributed by atoms with Gasteiger partial charge in [-0.3, -0.25) is 14.4 Å². The number of nitrogens with one attached hydrogen (secondary N) is 2. The first kappa shape index (κ1) is 22.0. The summed E-state index contributed by atoms with van der Waals surface area (Å²) in [6.45, 7) is 3.55. The Morgan fingerprint density at radius 1 is 1.17 bits per heavy atom. The van der Waals surface area contributed by atoms with E-state index in [2.05, 4.69) is 10.6 Å². The summed E-state index contributed by atoms with van der Waals surface area (Å²) in [4.78, 5) is 40.5. The first-order valence-electron chi connectivity index (χ1n) is 10.2. The van der Waals surface area contributed by atoms with E-state index in [9.17, 15) is 18.8 Å². The number of hydrogen-bond acceptors (Lipinski definition) is 4. The van der Waals surface area contributed by atoms with Gasteiger partial charge in [-0.2, -0.15) is 0 Å². The molecule has 1 aromatic heterocycles. The van der Waals surface area contributed by atoms with Crippen molar-refractivity contribution in [3.63, 3.8) is 0 Å². The van der Waals surface area contributed by atoms with Crippen molar-refractivity contribution in [1.29, 1.82) is 0 Å². The minimum atomic E-state index is -0.701. The third kappa shape index (κ3) is 5.44. The van der Waals surface area contributed by atoms with Gasteiger partial charge in [-0.25, -0.2) is 4.39 Å². The SMILES string of the molecule is CCCNC(=O)[C@@H](NC(=O)c1ccc(F)cc1)C1CCN(C(=O)c2cccs2)CC1. The lowest BCUT2D eigenvalue weighted by Gasteiger charge is -2.35. The lowest BCUT2D eigenvalue weighted by molar-refractivity contribution is -0.124. The van der Waals surface area contributed by atoms with Crippen molar-refractivity contribution >= 4 is 29.1 Å². The Morgan fingerprint density at radius 3 is 2.47 bits per heavy atom. The van der Waals surface area contributed by atoms with E-state index in [1.165, 1.54) is 35.6 Å². The monoisotopic (exact) mass is 431 g/mol. The van der Waals surface area contributed by atoms with E-state index >= 15 is 0 Å². The molecule has 1 aliphatic rings. The first-order chi connectivity index (χ1) is 14.5. The summed E-state index contributed by atoms with van der Waals surface area (Å²) < 4.78 is 13.1. The number of thiophene rings is 1. The zero-order valence-electron chi connectivity index (χ0n) is 16.9. The molecule has 8 heteroatoms. The highest BCUT2D eigenvalue weighted by atomic mass is 32.1. The van der Waals surface area contributed by atoms with Crippen LogP contribution in [0.5, 0.6) is 0 Å². The zero-order valence-corrected chi connectivity index (χ0v) is 17.7. The highest BCUT2D eigenvalue weighted by molar-refractivity contribution is 7.12. The fraction of sp³-hybridized carbons (Fsp3) is 0.409. The van der Waals surface area contributed by atoms with Gasteiger partial charge in [0.15, 0.2) is 0 Å². The number of benzene rings is 1. The van der Waals surface area contributed by atoms with Crippen LogP contribution >= 0.6 is 11.3 Å². The summed E-state index contributed by atoms with van der Waals surface area (Å²) in [6.07, 6.45) is 2.02. The van der Waals surface area contributed by atoms with Gasteiger partial charge in [0.05, 0.1) is 4.88 Å². The quantitative estimate of drug-likeness (QED) is 0.707. The Bertz CT molecular complexity index is 862. The first-order valence-corrected chi connectivity index (χ1v) is 11.0. The van der Waals surface area contributed by atoms with Gasteiger partial charge in [-0.15, -0.1) is 11.3 Å². The van der Waals surface area contributed by atoms with Gasteiger partial charge in [-0.05, 0) is 60.9 Å². The standard InChI is InChI=1S/C22H26FN3O3S/c1-2-11-24-21(28)19(25-20(27)16-5-7-17(23)8-6-16)15-9-12-26(13-10-15)22(29)18-4-3-14-30-18/h3-8,14-15,19H,2,9-13H2,1H3,(H,24,28)(H,25,27)/t19-/m0/s1. The molecule has 1 fully saturated rings. The summed E-state index contributed by atoms with van der Waals surface area (Å²) in [7, 11) is 0. The lowest BCUT2D eigenvalue weighted by Crippen LogP contribution is -2.54. The molecule has 0 aliphatic carbocycles. The van der Waals surface area contributed by atoms with E-state index < -0.39 is 17.8 Å². The van der Waals surface area contributed by atoms with Crippen LogP contribution < -0.4 is 10.6 Å². The maximum absolute atomic E-state index is 13.1. The van der Waals surface area contributed by atoms with Gasteiger partial charge >= 0.3 is 0 Å². The van der Waals surface area contributed by atoms with Crippen LogP contribution in [0, 0.1) is 11.7 Å². The van der Waals surface area contributed by atoms with Gasteiger partial charge in [0.1, 0.15) is 11.9 Å². The molecule has 3 amide bonds. The van der Waals surface area contributed by atoms with Crippen LogP contribution in [0.4, 0.5) is 4.39 Å². The largest absolute Gasteiger partial charge is 0.354 e. The third-order valence-electron chi connectivity index (χ3n) is 5.25. The summed E-state index contributed by atoms with van der Waals surface area (Å²) in [5.74, 6) is -1.14. The fourth-order valence-electron chi connectivity index (χ4n) is 3.57. The Balaban J connectivity index is 1.66. The van der Waals surface area contributed by atoms with Gasteiger partial charge in [-0.1, -0.05) is 13.0 Å². The van der Waals surface area contributed by atoms with Crippen LogP contribution in [-0.2, 0) is 4.79 Å². The van der Waals surface area contributed by atoms with Crippen LogP contribution in [0.3, 0.4) is 0 Å². The number of carbonyl (C=O) groups excluding carboxylic acids is 3. The van der Waals surface area contributed by atoms with E-state index in [0.29, 0.717) is 42.9 Å².